The summed E-state index contributed by atoms with van der Waals surface area (Å²) in [4.78, 5) is 12.0. The van der Waals surface area contributed by atoms with Gasteiger partial charge in [0.1, 0.15) is 0 Å². The average molecular weight is 498 g/mol. The Balaban J connectivity index is 2.02. The molecule has 0 atom stereocenters. The Kier molecular flexibility index (Phi) is 8.81. The number of carbonyl (C=O) groups is 1. The third kappa shape index (κ3) is 6.99. The van der Waals surface area contributed by atoms with Crippen molar-refractivity contribution in [3.63, 3.8) is 0 Å². The predicted molar refractivity (Wildman–Crippen MR) is 115 cm³/mol. The fourth-order valence-corrected chi connectivity index (χ4v) is 3.11. The number of carbonyl (C=O) groups excluding carboxylic acids is 1. The third-order valence-corrected chi connectivity index (χ3v) is 4.58. The number of nitrogens with one attached hydrogen (secondary N) is 1. The summed E-state index contributed by atoms with van der Waals surface area (Å²) in [5.74, 6) is 1.14. The van der Waals surface area contributed by atoms with Crippen LogP contribution in [0.25, 0.3) is 0 Å². The van der Waals surface area contributed by atoms with E-state index in [-0.39, 0.29) is 12.3 Å². The molecule has 0 bridgehead atoms. The van der Waals surface area contributed by atoms with Crippen LogP contribution in [0, 0.1) is 0 Å². The molecule has 1 amide bonds. The highest BCUT2D eigenvalue weighted by Gasteiger charge is 2.11. The number of benzene rings is 2. The zero-order chi connectivity index (χ0) is 19.6. The molecule has 0 radical (unpaired) electrons. The lowest BCUT2D eigenvalue weighted by Crippen LogP contribution is -2.19. The van der Waals surface area contributed by atoms with Gasteiger partial charge in [0.05, 0.1) is 30.3 Å². The second-order valence-electron chi connectivity index (χ2n) is 5.71. The highest BCUT2D eigenvalue weighted by molar-refractivity contribution is 9.10. The maximum atomic E-state index is 12.0. The number of hydrogen-bond acceptors (Lipinski definition) is 4. The molecule has 0 aliphatic heterocycles. The summed E-state index contributed by atoms with van der Waals surface area (Å²) in [5, 5.41) is 4.04. The van der Waals surface area contributed by atoms with E-state index in [1.54, 1.807) is 6.21 Å². The molecule has 2 aromatic rings. The van der Waals surface area contributed by atoms with E-state index in [2.05, 4.69) is 42.4 Å². The summed E-state index contributed by atoms with van der Waals surface area (Å²) < 4.78 is 13.2. The Morgan fingerprint density at radius 2 is 1.89 bits per heavy atom. The number of nitrogens with zero attached hydrogens (tertiary/aromatic N) is 1. The lowest BCUT2D eigenvalue weighted by molar-refractivity contribution is -0.120. The van der Waals surface area contributed by atoms with E-state index in [1.165, 1.54) is 0 Å². The van der Waals surface area contributed by atoms with Gasteiger partial charge in [-0.2, -0.15) is 5.10 Å². The van der Waals surface area contributed by atoms with Gasteiger partial charge in [0.25, 0.3) is 0 Å². The molecular formula is C20H22Br2N2O3. The summed E-state index contributed by atoms with van der Waals surface area (Å²) >= 11 is 6.89. The van der Waals surface area contributed by atoms with Crippen molar-refractivity contribution in [2.24, 2.45) is 5.10 Å². The van der Waals surface area contributed by atoms with E-state index in [1.807, 2.05) is 50.2 Å². The molecule has 5 nitrogen and oxygen atoms in total. The van der Waals surface area contributed by atoms with E-state index in [0.717, 1.165) is 26.5 Å². The average Bonchev–Trinajstić information content (AvgIpc) is 2.63. The monoisotopic (exact) mass is 496 g/mol. The Morgan fingerprint density at radius 3 is 2.56 bits per heavy atom. The Bertz CT molecular complexity index is 793. The lowest BCUT2D eigenvalue weighted by Gasteiger charge is -2.14. The molecule has 0 heterocycles. The third-order valence-electron chi connectivity index (χ3n) is 3.46. The molecule has 0 aromatic heterocycles. The van der Waals surface area contributed by atoms with E-state index in [4.69, 9.17) is 9.47 Å². The van der Waals surface area contributed by atoms with Crippen molar-refractivity contribution in [2.75, 3.05) is 13.2 Å². The topological polar surface area (TPSA) is 59.9 Å². The van der Waals surface area contributed by atoms with Crippen molar-refractivity contribution in [1.29, 1.82) is 0 Å². The van der Waals surface area contributed by atoms with Crippen LogP contribution in [0.2, 0.25) is 0 Å². The normalized spacial score (nSPS) is 10.8. The van der Waals surface area contributed by atoms with Gasteiger partial charge in [0.2, 0.25) is 5.91 Å². The molecule has 0 saturated carbocycles. The van der Waals surface area contributed by atoms with Crippen LogP contribution in [0.1, 0.15) is 31.4 Å². The highest BCUT2D eigenvalue weighted by Crippen LogP contribution is 2.36. The molecule has 2 rings (SSSR count). The maximum absolute atomic E-state index is 12.0. The quantitative estimate of drug-likeness (QED) is 0.387. The van der Waals surface area contributed by atoms with E-state index >= 15 is 0 Å². The number of hydrogen-bond donors (Lipinski definition) is 1. The first-order valence-corrected chi connectivity index (χ1v) is 10.3. The second-order valence-corrected chi connectivity index (χ2v) is 7.48. The minimum atomic E-state index is -0.180. The minimum absolute atomic E-state index is 0.180. The van der Waals surface area contributed by atoms with Crippen LogP contribution in [-0.2, 0) is 11.2 Å². The van der Waals surface area contributed by atoms with Crippen LogP contribution in [0.5, 0.6) is 11.5 Å². The molecule has 0 aliphatic rings. The van der Waals surface area contributed by atoms with Gasteiger partial charge in [0.15, 0.2) is 11.5 Å². The molecule has 1 N–H and O–H groups in total. The predicted octanol–water partition coefficient (Wildman–Crippen LogP) is 5.09. The first kappa shape index (κ1) is 21.4. The molecule has 0 fully saturated rings. The van der Waals surface area contributed by atoms with Crippen molar-refractivity contribution >= 4 is 44.0 Å². The van der Waals surface area contributed by atoms with Crippen LogP contribution in [-0.4, -0.2) is 25.3 Å². The largest absolute Gasteiger partial charge is 0.490 e. The summed E-state index contributed by atoms with van der Waals surface area (Å²) in [7, 11) is 0. The fourth-order valence-electron chi connectivity index (χ4n) is 2.28. The number of rotatable bonds is 9. The standard InChI is InChI=1S/C20H22Br2N2O3/c1-3-9-27-20-17(22)10-15(11-18(20)26-4-2)13-23-24-19(25)12-14-5-7-16(21)8-6-14/h5-8,10-11,13H,3-4,9,12H2,1-2H3,(H,24,25)/b23-13-. The van der Waals surface area contributed by atoms with Gasteiger partial charge in [-0.15, -0.1) is 0 Å². The fraction of sp³-hybridized carbons (Fsp3) is 0.300. The summed E-state index contributed by atoms with van der Waals surface area (Å²) in [6, 6.07) is 11.3. The summed E-state index contributed by atoms with van der Waals surface area (Å²) in [6.45, 7) is 5.10. The molecule has 7 heteroatoms. The minimum Gasteiger partial charge on any atom is -0.490 e. The lowest BCUT2D eigenvalue weighted by atomic mass is 10.1. The van der Waals surface area contributed by atoms with Gasteiger partial charge in [-0.3, -0.25) is 4.79 Å². The summed E-state index contributed by atoms with van der Waals surface area (Å²) in [5.41, 5.74) is 4.26. The molecule has 0 saturated heterocycles. The number of hydrazone groups is 1. The van der Waals surface area contributed by atoms with Gasteiger partial charge in [-0.1, -0.05) is 35.0 Å². The Labute approximate surface area is 176 Å². The van der Waals surface area contributed by atoms with Crippen LogP contribution >= 0.6 is 31.9 Å². The molecule has 0 unspecified atom stereocenters. The first-order valence-electron chi connectivity index (χ1n) is 8.69. The molecule has 0 spiro atoms. The highest BCUT2D eigenvalue weighted by atomic mass is 79.9. The first-order chi connectivity index (χ1) is 13.0. The van der Waals surface area contributed by atoms with Gasteiger partial charge >= 0.3 is 0 Å². The zero-order valence-corrected chi connectivity index (χ0v) is 18.5. The maximum Gasteiger partial charge on any atom is 0.244 e. The van der Waals surface area contributed by atoms with Crippen LogP contribution in [0.15, 0.2) is 50.4 Å². The zero-order valence-electron chi connectivity index (χ0n) is 15.3. The Hall–Kier alpha value is -1.86. The molecular weight excluding hydrogens is 476 g/mol. The number of ether oxygens (including phenoxy) is 2. The van der Waals surface area contributed by atoms with Gasteiger partial charge < -0.3 is 9.47 Å². The van der Waals surface area contributed by atoms with Crippen LogP contribution in [0.3, 0.4) is 0 Å². The second kappa shape index (κ2) is 11.1. The number of halogens is 2. The molecule has 0 aliphatic carbocycles. The van der Waals surface area contributed by atoms with Crippen LogP contribution in [0.4, 0.5) is 0 Å². The molecule has 2 aromatic carbocycles. The number of amides is 1. The van der Waals surface area contributed by atoms with Gasteiger partial charge in [-0.25, -0.2) is 5.43 Å². The van der Waals surface area contributed by atoms with E-state index < -0.39 is 0 Å². The van der Waals surface area contributed by atoms with Crippen molar-refractivity contribution in [1.82, 2.24) is 5.43 Å². The van der Waals surface area contributed by atoms with E-state index in [0.29, 0.717) is 24.7 Å². The molecule has 144 valence electrons. The molecule has 27 heavy (non-hydrogen) atoms. The van der Waals surface area contributed by atoms with Gasteiger partial charge in [0, 0.05) is 4.47 Å². The SMILES string of the molecule is CCCOc1c(Br)cc(/C=N\NC(=O)Cc2ccc(Br)cc2)cc1OCC. The van der Waals surface area contributed by atoms with Crippen LogP contribution < -0.4 is 14.9 Å². The van der Waals surface area contributed by atoms with Crippen molar-refractivity contribution < 1.29 is 14.3 Å². The smallest absolute Gasteiger partial charge is 0.244 e. The van der Waals surface area contributed by atoms with Gasteiger partial charge in [-0.05, 0) is 64.7 Å². The Morgan fingerprint density at radius 1 is 1.15 bits per heavy atom. The van der Waals surface area contributed by atoms with Crippen molar-refractivity contribution in [3.05, 3.63) is 56.5 Å². The van der Waals surface area contributed by atoms with Crippen molar-refractivity contribution in [3.8, 4) is 11.5 Å². The summed E-state index contributed by atoms with van der Waals surface area (Å²) in [6.07, 6.45) is 2.75. The van der Waals surface area contributed by atoms with E-state index in [9.17, 15) is 4.79 Å². The van der Waals surface area contributed by atoms with Crippen molar-refractivity contribution in [2.45, 2.75) is 26.7 Å².